The van der Waals surface area contributed by atoms with E-state index in [1.165, 1.54) is 12.4 Å². The van der Waals surface area contributed by atoms with E-state index in [0.29, 0.717) is 0 Å². The van der Waals surface area contributed by atoms with Crippen LogP contribution in [0.5, 0.6) is 0 Å². The molecule has 38 heavy (non-hydrogen) atoms. The van der Waals surface area contributed by atoms with Crippen LogP contribution in [0, 0.1) is 10.8 Å². The minimum atomic E-state index is -4.91. The Morgan fingerprint density at radius 2 is 1.66 bits per heavy atom. The molecule has 206 valence electrons. The lowest BCUT2D eigenvalue weighted by atomic mass is 9.74. The largest absolute Gasteiger partial charge is 0.481 e. The van der Waals surface area contributed by atoms with E-state index in [1.54, 1.807) is 6.92 Å². The lowest BCUT2D eigenvalue weighted by Crippen LogP contribution is -2.40. The summed E-state index contributed by atoms with van der Waals surface area (Å²) >= 11 is 12.2. The van der Waals surface area contributed by atoms with Crippen molar-refractivity contribution in [3.8, 4) is 0 Å². The number of amides is 1. The highest BCUT2D eigenvalue weighted by molar-refractivity contribution is 6.39. The second kappa shape index (κ2) is 10.1. The first-order valence-electron chi connectivity index (χ1n) is 12.1. The van der Waals surface area contributed by atoms with E-state index in [4.69, 9.17) is 23.2 Å². The van der Waals surface area contributed by atoms with Gasteiger partial charge in [-0.3, -0.25) is 24.0 Å². The van der Waals surface area contributed by atoms with Crippen molar-refractivity contribution in [1.82, 2.24) is 19.7 Å². The smallest absolute Gasteiger partial charge is 0.433 e. The number of aliphatic carboxylic acids is 1. The maximum absolute atomic E-state index is 14.4. The Morgan fingerprint density at radius 3 is 2.16 bits per heavy atom. The van der Waals surface area contributed by atoms with Crippen LogP contribution in [0.1, 0.15) is 84.8 Å². The zero-order valence-corrected chi connectivity index (χ0v) is 22.3. The van der Waals surface area contributed by atoms with Gasteiger partial charge in [-0.05, 0) is 50.9 Å². The summed E-state index contributed by atoms with van der Waals surface area (Å²) in [4.78, 5) is 43.2. The average molecular weight is 575 g/mol. The number of aromatic nitrogens is 3. The molecule has 0 saturated heterocycles. The van der Waals surface area contributed by atoms with Crippen LogP contribution in [0.15, 0.2) is 18.6 Å². The van der Waals surface area contributed by atoms with E-state index >= 15 is 0 Å². The van der Waals surface area contributed by atoms with Crippen molar-refractivity contribution in [2.24, 2.45) is 10.8 Å². The number of pyridine rings is 1. The van der Waals surface area contributed by atoms with Crippen molar-refractivity contribution < 1.29 is 32.7 Å². The molecule has 8 nitrogen and oxygen atoms in total. The number of hydrogen-bond donors (Lipinski definition) is 1. The van der Waals surface area contributed by atoms with Gasteiger partial charge in [-0.1, -0.05) is 30.1 Å². The molecule has 0 bridgehead atoms. The number of halogens is 5. The molecule has 2 aromatic heterocycles. The molecule has 0 spiro atoms. The molecule has 2 fully saturated rings. The number of carboxylic acid groups (broad SMARTS) is 1. The van der Waals surface area contributed by atoms with Gasteiger partial charge >= 0.3 is 12.1 Å². The van der Waals surface area contributed by atoms with Crippen LogP contribution < -0.4 is 0 Å². The Kier molecular flexibility index (Phi) is 7.57. The standard InChI is InChI=1S/C25H27Cl2F3N4O4/c1-23(7-8-23)13-33(12-18(35)19-16(26)10-31-11-17(19)27)21(36)15-9-32-34(20(15)25(28,29)30)14-3-5-24(2,6-4-14)22(37)38/h9-11,14H,3-8,12-13H2,1-2H3,(H,37,38). The van der Waals surface area contributed by atoms with Gasteiger partial charge in [0.15, 0.2) is 11.5 Å². The quantitative estimate of drug-likeness (QED) is 0.391. The lowest BCUT2D eigenvalue weighted by Gasteiger charge is -2.34. The summed E-state index contributed by atoms with van der Waals surface area (Å²) in [6.45, 7) is 3.00. The fourth-order valence-electron chi connectivity index (χ4n) is 4.91. The molecule has 0 aromatic carbocycles. The SMILES string of the molecule is CC1(CN(CC(=O)c2c(Cl)cncc2Cl)C(=O)c2cnn(C3CCC(C)(C(=O)O)CC3)c2C(F)(F)F)CC1. The van der Waals surface area contributed by atoms with E-state index in [1.807, 2.05) is 6.92 Å². The highest BCUT2D eigenvalue weighted by Gasteiger charge is 2.46. The Balaban J connectivity index is 1.66. The number of alkyl halides is 3. The monoisotopic (exact) mass is 574 g/mol. The molecule has 2 heterocycles. The zero-order chi connectivity index (χ0) is 28.0. The predicted octanol–water partition coefficient (Wildman–Crippen LogP) is 5.93. The Labute approximate surface area is 227 Å². The molecule has 0 atom stereocenters. The number of carbonyl (C=O) groups is 3. The third-order valence-corrected chi connectivity index (χ3v) is 8.22. The second-order valence-electron chi connectivity index (χ2n) is 10.8. The van der Waals surface area contributed by atoms with Gasteiger partial charge in [0.25, 0.3) is 5.91 Å². The average Bonchev–Trinajstić information content (AvgIpc) is 3.37. The van der Waals surface area contributed by atoms with Crippen LogP contribution in [0.3, 0.4) is 0 Å². The van der Waals surface area contributed by atoms with E-state index in [0.717, 1.165) is 28.6 Å². The number of hydrogen-bond acceptors (Lipinski definition) is 5. The Hall–Kier alpha value is -2.66. The fourth-order valence-corrected chi connectivity index (χ4v) is 5.48. The van der Waals surface area contributed by atoms with Gasteiger partial charge in [0.1, 0.15) is 0 Å². The summed E-state index contributed by atoms with van der Waals surface area (Å²) in [5.74, 6) is -2.59. The van der Waals surface area contributed by atoms with Gasteiger partial charge in [0, 0.05) is 18.9 Å². The highest BCUT2D eigenvalue weighted by atomic mass is 35.5. The maximum Gasteiger partial charge on any atom is 0.433 e. The minimum absolute atomic E-state index is 0.0259. The first-order chi connectivity index (χ1) is 17.7. The molecular weight excluding hydrogens is 548 g/mol. The van der Waals surface area contributed by atoms with Crippen molar-refractivity contribution >= 4 is 40.9 Å². The highest BCUT2D eigenvalue weighted by Crippen LogP contribution is 2.46. The van der Waals surface area contributed by atoms with E-state index < -0.39 is 53.1 Å². The molecule has 2 aliphatic carbocycles. The number of carboxylic acids is 1. The van der Waals surface area contributed by atoms with Gasteiger partial charge in [-0.25, -0.2) is 0 Å². The molecule has 1 N–H and O–H groups in total. The molecular formula is C25H27Cl2F3N4O4. The van der Waals surface area contributed by atoms with Crippen LogP contribution in [0.2, 0.25) is 10.0 Å². The molecule has 4 rings (SSSR count). The number of carbonyl (C=O) groups excluding carboxylic acids is 2. The van der Waals surface area contributed by atoms with Crippen molar-refractivity contribution in [2.45, 2.75) is 64.6 Å². The van der Waals surface area contributed by atoms with Gasteiger partial charge in [0.2, 0.25) is 0 Å². The summed E-state index contributed by atoms with van der Waals surface area (Å²) in [7, 11) is 0. The lowest BCUT2D eigenvalue weighted by molar-refractivity contribution is -0.152. The predicted molar refractivity (Wildman–Crippen MR) is 132 cm³/mol. The minimum Gasteiger partial charge on any atom is -0.481 e. The topological polar surface area (TPSA) is 105 Å². The molecule has 2 saturated carbocycles. The molecule has 13 heteroatoms. The molecule has 1 amide bonds. The zero-order valence-electron chi connectivity index (χ0n) is 20.8. The Bertz CT molecular complexity index is 1250. The Morgan fingerprint density at radius 1 is 1.08 bits per heavy atom. The summed E-state index contributed by atoms with van der Waals surface area (Å²) in [6, 6.07) is -0.717. The van der Waals surface area contributed by atoms with Crippen LogP contribution in [-0.4, -0.2) is 55.5 Å². The normalized spacial score (nSPS) is 22.7. The van der Waals surface area contributed by atoms with Crippen LogP contribution in [0.25, 0.3) is 0 Å². The van der Waals surface area contributed by atoms with Crippen LogP contribution >= 0.6 is 23.2 Å². The third kappa shape index (κ3) is 5.68. The van der Waals surface area contributed by atoms with Crippen LogP contribution in [0.4, 0.5) is 13.2 Å². The van der Waals surface area contributed by atoms with E-state index in [9.17, 15) is 32.7 Å². The summed E-state index contributed by atoms with van der Waals surface area (Å²) < 4.78 is 43.8. The van der Waals surface area contributed by atoms with Gasteiger partial charge in [-0.15, -0.1) is 0 Å². The second-order valence-corrected chi connectivity index (χ2v) is 11.6. The van der Waals surface area contributed by atoms with Gasteiger partial charge in [-0.2, -0.15) is 18.3 Å². The van der Waals surface area contributed by atoms with Crippen molar-refractivity contribution in [2.75, 3.05) is 13.1 Å². The van der Waals surface area contributed by atoms with Crippen molar-refractivity contribution in [1.29, 1.82) is 0 Å². The summed E-state index contributed by atoms with van der Waals surface area (Å²) in [6.07, 6.45) is 0.637. The van der Waals surface area contributed by atoms with E-state index in [2.05, 4.69) is 10.1 Å². The van der Waals surface area contributed by atoms with Crippen molar-refractivity contribution in [3.05, 3.63) is 45.5 Å². The fraction of sp³-hybridized carbons (Fsp3) is 0.560. The molecule has 2 aliphatic rings. The maximum atomic E-state index is 14.4. The number of nitrogens with zero attached hydrogens (tertiary/aromatic N) is 4. The third-order valence-electron chi connectivity index (χ3n) is 7.65. The van der Waals surface area contributed by atoms with Gasteiger partial charge in [0.05, 0.1) is 45.4 Å². The first-order valence-corrected chi connectivity index (χ1v) is 12.9. The summed E-state index contributed by atoms with van der Waals surface area (Å²) in [5, 5.41) is 13.4. The molecule has 2 aromatic rings. The summed E-state index contributed by atoms with van der Waals surface area (Å²) in [5.41, 5.74) is -3.26. The van der Waals surface area contributed by atoms with Crippen molar-refractivity contribution in [3.63, 3.8) is 0 Å². The van der Waals surface area contributed by atoms with Crippen LogP contribution in [-0.2, 0) is 11.0 Å². The van der Waals surface area contributed by atoms with E-state index in [-0.39, 0.29) is 53.3 Å². The number of Topliss-reactive ketones (excluding diaryl/α,β-unsaturated/α-hetero) is 1. The number of rotatable bonds is 8. The molecule has 0 aliphatic heterocycles. The van der Waals surface area contributed by atoms with Gasteiger partial charge < -0.3 is 10.0 Å². The molecule has 0 radical (unpaired) electrons. The molecule has 0 unspecified atom stereocenters. The first kappa shape index (κ1) is 28.4. The number of ketones is 1.